The van der Waals surface area contributed by atoms with Gasteiger partial charge >= 0.3 is 7.94 Å². The summed E-state index contributed by atoms with van der Waals surface area (Å²) in [5.41, 5.74) is 0. The summed E-state index contributed by atoms with van der Waals surface area (Å²) in [6.45, 7) is 1.78. The number of hydrogen-bond donors (Lipinski definition) is 6. The molecule has 1 atom stereocenters. The van der Waals surface area contributed by atoms with E-state index in [4.69, 9.17) is 30.1 Å². The summed E-state index contributed by atoms with van der Waals surface area (Å²) in [6.07, 6.45) is 0.726. The van der Waals surface area contributed by atoms with Gasteiger partial charge in [-0.15, -0.1) is 0 Å². The van der Waals surface area contributed by atoms with E-state index in [0.717, 1.165) is 0 Å². The molecule has 2 radical (unpaired) electrons. The van der Waals surface area contributed by atoms with Crippen LogP contribution < -0.4 is 0 Å². The Morgan fingerprint density at radius 3 is 1.06 bits per heavy atom. The van der Waals surface area contributed by atoms with Crippen molar-refractivity contribution in [2.24, 2.45) is 0 Å². The van der Waals surface area contributed by atoms with Gasteiger partial charge in [0, 0.05) is 34.1 Å². The first-order valence-corrected chi connectivity index (χ1v) is 4.93. The molecule has 0 aromatic rings. The zero-order chi connectivity index (χ0) is 9.91. The maximum Gasteiger partial charge on any atom is 0.403 e. The molecule has 118 valence electrons. The van der Waals surface area contributed by atoms with Crippen molar-refractivity contribution in [2.45, 2.75) is 13.3 Å². The molecular weight excluding hydrogens is 369 g/mol. The Morgan fingerprint density at radius 2 is 1.06 bits per heavy atom. The number of rotatable bonds is 2. The van der Waals surface area contributed by atoms with Gasteiger partial charge in [0.2, 0.25) is 0 Å². The van der Waals surface area contributed by atoms with Crippen LogP contribution in [0.2, 0.25) is 0 Å². The molecule has 16 heavy (non-hydrogen) atoms. The first-order chi connectivity index (χ1) is 5.06. The van der Waals surface area contributed by atoms with E-state index >= 15 is 0 Å². The number of hydrogen-bond acceptors (Lipinski definition) is 6. The van der Waals surface area contributed by atoms with Crippen molar-refractivity contribution in [1.82, 2.24) is 0 Å². The minimum Gasteiger partial charge on any atom is -0.412 e. The van der Waals surface area contributed by atoms with Crippen molar-refractivity contribution in [2.75, 3.05) is 6.16 Å². The Kier molecular flexibility index (Phi) is 145. The first kappa shape index (κ1) is 52.7. The Bertz CT molecular complexity index is 65.2. The zero-order valence-corrected chi connectivity index (χ0v) is 12.2. The van der Waals surface area contributed by atoms with E-state index in [1.807, 2.05) is 0 Å². The van der Waals surface area contributed by atoms with Gasteiger partial charge in [0.1, 0.15) is 6.16 Å². The Morgan fingerprint density at radius 1 is 0.875 bits per heavy atom. The smallest absolute Gasteiger partial charge is 0.403 e. The molecule has 0 amide bonds. The molecule has 0 rings (SSSR count). The molecule has 0 spiro atoms. The van der Waals surface area contributed by atoms with Gasteiger partial charge in [-0.25, -0.2) is 0 Å². The third kappa shape index (κ3) is 107. The van der Waals surface area contributed by atoms with Crippen molar-refractivity contribution in [1.29, 1.82) is 0 Å². The Labute approximate surface area is 118 Å². The second-order valence-corrected chi connectivity index (χ2v) is 3.25. The molecule has 0 saturated heterocycles. The summed E-state index contributed by atoms with van der Waals surface area (Å²) < 4.78 is 0. The maximum atomic E-state index is 8.24. The fraction of sp³-hybridized carbons (Fsp3) is 1.00. The van der Waals surface area contributed by atoms with Crippen LogP contribution >= 0.6 is 17.4 Å². The molecule has 0 aliphatic carbocycles. The van der Waals surface area contributed by atoms with Crippen LogP contribution in [0, 0.1) is 0 Å². The summed E-state index contributed by atoms with van der Waals surface area (Å²) in [4.78, 5) is 31.6. The standard InChI is InChI=1S/C3H10O3P.2Cu.H2O2.H3OP.3H2O/c1-2-3-7(4,5)6;;;2*1-2;;;/h4-6H,2-3H2,1H3;;;1-2H;1H,2H2;3*1H2/q+1;;;;;;;. The molecular formula is C3H21Cu2O9P2+. The molecule has 9 nitrogen and oxygen atoms in total. The van der Waals surface area contributed by atoms with Crippen molar-refractivity contribution >= 4 is 17.4 Å². The molecule has 0 aliphatic heterocycles. The predicted molar refractivity (Wildman–Crippen MR) is 56.8 cm³/mol. The van der Waals surface area contributed by atoms with E-state index in [-0.39, 0.29) is 56.7 Å². The summed E-state index contributed by atoms with van der Waals surface area (Å²) in [6, 6.07) is 0. The van der Waals surface area contributed by atoms with Crippen LogP contribution in [0.4, 0.5) is 0 Å². The average molecular weight is 390 g/mol. The molecule has 13 heteroatoms. The molecule has 0 bridgehead atoms. The Hall–Kier alpha value is 1.54. The molecule has 0 aliphatic rings. The van der Waals surface area contributed by atoms with Gasteiger partial charge in [-0.1, -0.05) is 6.92 Å². The molecule has 1 unspecified atom stereocenters. The van der Waals surface area contributed by atoms with Crippen LogP contribution in [0.15, 0.2) is 0 Å². The summed E-state index contributed by atoms with van der Waals surface area (Å²) in [5, 5.41) is 12.0. The van der Waals surface area contributed by atoms with Crippen LogP contribution in [0.25, 0.3) is 0 Å². The van der Waals surface area contributed by atoms with Gasteiger partial charge in [-0.05, 0) is 15.9 Å². The quantitative estimate of drug-likeness (QED) is 0.129. The van der Waals surface area contributed by atoms with Crippen LogP contribution in [0.5, 0.6) is 0 Å². The van der Waals surface area contributed by atoms with Crippen LogP contribution in [0.3, 0.4) is 0 Å². The predicted octanol–water partition coefficient (Wildman–Crippen LogP) is -2.56. The average Bonchev–Trinajstić information content (AvgIpc) is 1.94. The van der Waals surface area contributed by atoms with E-state index in [1.165, 1.54) is 9.47 Å². The second kappa shape index (κ2) is 43.9. The van der Waals surface area contributed by atoms with Crippen LogP contribution in [-0.4, -0.2) is 52.7 Å². The van der Waals surface area contributed by atoms with Gasteiger partial charge in [-0.2, -0.15) is 14.7 Å². The van der Waals surface area contributed by atoms with Gasteiger partial charge in [0.05, 0.1) is 0 Å². The fourth-order valence-electron chi connectivity index (χ4n) is 0.300. The van der Waals surface area contributed by atoms with E-state index in [0.29, 0.717) is 6.42 Å². The van der Waals surface area contributed by atoms with Gasteiger partial charge in [-0.3, -0.25) is 10.5 Å². The third-order valence-corrected chi connectivity index (χ3v) is 1.57. The molecule has 0 heterocycles. The first-order valence-electron chi connectivity index (χ1n) is 2.58. The minimum atomic E-state index is -3.42. The second-order valence-electron chi connectivity index (χ2n) is 1.42. The van der Waals surface area contributed by atoms with Gasteiger partial charge in [0.15, 0.2) is 0 Å². The normalized spacial score (nSPS) is 6.00. The molecule has 0 saturated carbocycles. The van der Waals surface area contributed by atoms with Gasteiger partial charge < -0.3 is 21.3 Å². The van der Waals surface area contributed by atoms with Crippen LogP contribution in [-0.2, 0) is 34.1 Å². The molecule has 0 aromatic heterocycles. The summed E-state index contributed by atoms with van der Waals surface area (Å²) in [5.74, 6) is 0. The van der Waals surface area contributed by atoms with Crippen molar-refractivity contribution < 1.29 is 80.7 Å². The summed E-state index contributed by atoms with van der Waals surface area (Å²) >= 11 is 0. The largest absolute Gasteiger partial charge is 0.412 e. The van der Waals surface area contributed by atoms with Crippen molar-refractivity contribution in [3.05, 3.63) is 0 Å². The zero-order valence-electron chi connectivity index (χ0n) is 8.23. The van der Waals surface area contributed by atoms with Crippen LogP contribution in [0.1, 0.15) is 13.3 Å². The SMILES string of the molecule is CCC[P+](O)(O)O.O.O.O.OO.OP.[Cu].[Cu]. The van der Waals surface area contributed by atoms with E-state index < -0.39 is 7.94 Å². The van der Waals surface area contributed by atoms with E-state index in [9.17, 15) is 0 Å². The van der Waals surface area contributed by atoms with Gasteiger partial charge in [0.25, 0.3) is 0 Å². The molecule has 0 aromatic carbocycles. The fourth-order valence-corrected chi connectivity index (χ4v) is 0.900. The topological polar surface area (TPSA) is 216 Å². The van der Waals surface area contributed by atoms with E-state index in [1.54, 1.807) is 6.92 Å². The molecule has 12 N–H and O–H groups in total. The van der Waals surface area contributed by atoms with Crippen molar-refractivity contribution in [3.8, 4) is 0 Å². The van der Waals surface area contributed by atoms with E-state index in [2.05, 4.69) is 0 Å². The monoisotopic (exact) mass is 389 g/mol. The summed E-state index contributed by atoms with van der Waals surface area (Å²) in [7, 11) is -2.00. The minimum absolute atomic E-state index is 0. The molecule has 0 fully saturated rings. The third-order valence-electron chi connectivity index (χ3n) is 0.524. The van der Waals surface area contributed by atoms with Crippen molar-refractivity contribution in [3.63, 3.8) is 0 Å². The maximum absolute atomic E-state index is 8.24. The Balaban J connectivity index is -0.0000000108.